The predicted molar refractivity (Wildman–Crippen MR) is 134 cm³/mol. The molecule has 1 unspecified atom stereocenters. The van der Waals surface area contributed by atoms with E-state index in [9.17, 15) is 0 Å². The Labute approximate surface area is 200 Å². The summed E-state index contributed by atoms with van der Waals surface area (Å²) in [5.74, 6) is 5.06. The Hall–Kier alpha value is -3.62. The van der Waals surface area contributed by atoms with Crippen LogP contribution in [0.3, 0.4) is 0 Å². The van der Waals surface area contributed by atoms with Crippen molar-refractivity contribution in [1.29, 1.82) is 5.26 Å². The number of nitriles is 1. The predicted octanol–water partition coefficient (Wildman–Crippen LogP) is 4.22. The molecular formula is C26H30N8. The molecule has 174 valence electrons. The van der Waals surface area contributed by atoms with Crippen LogP contribution in [0, 0.1) is 30.6 Å². The minimum Gasteiger partial charge on any atom is -0.367 e. The minimum atomic E-state index is 0.373. The summed E-state index contributed by atoms with van der Waals surface area (Å²) in [6.45, 7) is 3.57. The molecule has 0 amide bonds. The highest BCUT2D eigenvalue weighted by Gasteiger charge is 2.40. The van der Waals surface area contributed by atoms with Crippen LogP contribution in [-0.2, 0) is 6.54 Å². The number of aromatic nitrogens is 4. The Balaban J connectivity index is 1.36. The molecule has 3 aromatic rings. The molecule has 2 aliphatic heterocycles. The second-order valence-corrected chi connectivity index (χ2v) is 9.24. The van der Waals surface area contributed by atoms with E-state index in [1.165, 1.54) is 12.8 Å². The zero-order valence-corrected chi connectivity index (χ0v) is 19.5. The fourth-order valence-corrected chi connectivity index (χ4v) is 5.48. The smallest absolute Gasteiger partial charge is 0.153 e. The Bertz CT molecular complexity index is 1240. The molecule has 0 saturated carbocycles. The summed E-state index contributed by atoms with van der Waals surface area (Å²) in [6.07, 6.45) is 13.3. The number of anilines is 3. The normalized spacial score (nSPS) is 21.8. The molecule has 3 aromatic heterocycles. The van der Waals surface area contributed by atoms with Gasteiger partial charge in [0.25, 0.3) is 0 Å². The first-order chi connectivity index (χ1) is 16.6. The van der Waals surface area contributed by atoms with Gasteiger partial charge in [0.2, 0.25) is 0 Å². The van der Waals surface area contributed by atoms with Crippen molar-refractivity contribution in [3.05, 3.63) is 36.2 Å². The summed E-state index contributed by atoms with van der Waals surface area (Å²) in [5.41, 5.74) is 1.89. The highest BCUT2D eigenvalue weighted by Crippen LogP contribution is 2.37. The molecule has 8 nitrogen and oxygen atoms in total. The van der Waals surface area contributed by atoms with E-state index in [2.05, 4.69) is 43.7 Å². The van der Waals surface area contributed by atoms with E-state index in [0.717, 1.165) is 48.2 Å². The third kappa shape index (κ3) is 4.55. The van der Waals surface area contributed by atoms with Crippen molar-refractivity contribution in [2.24, 2.45) is 0 Å². The lowest BCUT2D eigenvalue weighted by Crippen LogP contribution is -2.47. The van der Waals surface area contributed by atoms with E-state index < -0.39 is 0 Å². The van der Waals surface area contributed by atoms with Gasteiger partial charge in [-0.3, -0.25) is 14.6 Å². The summed E-state index contributed by atoms with van der Waals surface area (Å²) >= 11 is 0. The molecule has 34 heavy (non-hydrogen) atoms. The van der Waals surface area contributed by atoms with Crippen molar-refractivity contribution >= 4 is 28.4 Å². The largest absolute Gasteiger partial charge is 0.367 e. The summed E-state index contributed by atoms with van der Waals surface area (Å²) < 4.78 is 1.84. The first-order valence-corrected chi connectivity index (χ1v) is 12.0. The van der Waals surface area contributed by atoms with E-state index >= 15 is 0 Å². The van der Waals surface area contributed by atoms with Gasteiger partial charge in [0.1, 0.15) is 11.6 Å². The number of terminal acetylenes is 1. The van der Waals surface area contributed by atoms with Crippen molar-refractivity contribution in [3.8, 4) is 18.4 Å². The summed E-state index contributed by atoms with van der Waals surface area (Å²) in [6, 6.07) is 11.7. The van der Waals surface area contributed by atoms with E-state index in [0.29, 0.717) is 42.7 Å². The molecule has 3 atom stereocenters. The molecule has 2 N–H and O–H groups in total. The number of hydrogen-bond donors (Lipinski definition) is 2. The van der Waals surface area contributed by atoms with E-state index in [4.69, 9.17) is 16.7 Å². The van der Waals surface area contributed by atoms with Gasteiger partial charge in [-0.05, 0) is 44.7 Å². The molecule has 2 saturated heterocycles. The minimum absolute atomic E-state index is 0.373. The molecule has 5 heterocycles. The van der Waals surface area contributed by atoms with Crippen LogP contribution in [0.2, 0.25) is 0 Å². The van der Waals surface area contributed by atoms with Crippen LogP contribution in [0.1, 0.15) is 44.2 Å². The molecule has 2 fully saturated rings. The molecule has 0 aliphatic carbocycles. The van der Waals surface area contributed by atoms with Crippen molar-refractivity contribution in [2.45, 2.75) is 70.1 Å². The van der Waals surface area contributed by atoms with Crippen LogP contribution in [0.4, 0.5) is 17.5 Å². The maximum atomic E-state index is 8.87. The average molecular weight is 455 g/mol. The third-order valence-electron chi connectivity index (χ3n) is 7.01. The van der Waals surface area contributed by atoms with Gasteiger partial charge < -0.3 is 10.6 Å². The van der Waals surface area contributed by atoms with Gasteiger partial charge >= 0.3 is 0 Å². The monoisotopic (exact) mass is 454 g/mol. The van der Waals surface area contributed by atoms with Gasteiger partial charge in [0.05, 0.1) is 24.6 Å². The number of pyridine rings is 2. The lowest BCUT2D eigenvalue weighted by molar-refractivity contribution is 0.136. The highest BCUT2D eigenvalue weighted by molar-refractivity contribution is 5.91. The maximum Gasteiger partial charge on any atom is 0.153 e. The Morgan fingerprint density at radius 1 is 1.15 bits per heavy atom. The third-order valence-corrected chi connectivity index (χ3v) is 7.01. The number of fused-ring (bicyclic) bond motifs is 3. The molecular weight excluding hydrogens is 424 g/mol. The van der Waals surface area contributed by atoms with Gasteiger partial charge in [-0.2, -0.15) is 10.4 Å². The highest BCUT2D eigenvalue weighted by atomic mass is 15.3. The number of nitrogens with one attached hydrogen (secondary N) is 2. The van der Waals surface area contributed by atoms with Crippen LogP contribution >= 0.6 is 0 Å². The number of hydrogen-bond acceptors (Lipinski definition) is 7. The first-order valence-electron chi connectivity index (χ1n) is 12.0. The standard InChI is InChI=1S/C26H30N8/c1-3-4-12-33-20-8-9-21(33)16-19(15-20)29-26-22-7-5-11-28-23(22)17-24(31-26)30-25-14-18(2)34(32-25)13-6-10-27/h1,5,7,11,14,17,19-21H,4,6,8-9,12-13,15-16H2,2H3,(H2,29,30,31,32)/t19?,20-,21+. The van der Waals surface area contributed by atoms with Crippen LogP contribution in [0.5, 0.6) is 0 Å². The van der Waals surface area contributed by atoms with Crippen LogP contribution in [-0.4, -0.2) is 49.3 Å². The lowest BCUT2D eigenvalue weighted by atomic mass is 9.97. The second kappa shape index (κ2) is 9.70. The topological polar surface area (TPSA) is 94.7 Å². The molecule has 8 heteroatoms. The number of nitrogens with zero attached hydrogens (tertiary/aromatic N) is 6. The quantitative estimate of drug-likeness (QED) is 0.492. The Morgan fingerprint density at radius 3 is 2.74 bits per heavy atom. The first kappa shape index (κ1) is 22.2. The van der Waals surface area contributed by atoms with Crippen molar-refractivity contribution in [3.63, 3.8) is 0 Å². The number of aryl methyl sites for hydroxylation is 2. The van der Waals surface area contributed by atoms with Crippen molar-refractivity contribution in [2.75, 3.05) is 17.2 Å². The van der Waals surface area contributed by atoms with Gasteiger partial charge in [-0.25, -0.2) is 4.98 Å². The molecule has 5 rings (SSSR count). The zero-order chi connectivity index (χ0) is 23.5. The van der Waals surface area contributed by atoms with Gasteiger partial charge in [-0.15, -0.1) is 12.3 Å². The van der Waals surface area contributed by atoms with Crippen molar-refractivity contribution in [1.82, 2.24) is 24.6 Å². The van der Waals surface area contributed by atoms with Crippen LogP contribution in [0.25, 0.3) is 10.9 Å². The summed E-state index contributed by atoms with van der Waals surface area (Å²) in [5, 5.41) is 21.6. The fourth-order valence-electron chi connectivity index (χ4n) is 5.48. The molecule has 2 bridgehead atoms. The summed E-state index contributed by atoms with van der Waals surface area (Å²) in [4.78, 5) is 12.1. The lowest BCUT2D eigenvalue weighted by Gasteiger charge is -2.39. The van der Waals surface area contributed by atoms with Crippen molar-refractivity contribution < 1.29 is 0 Å². The summed E-state index contributed by atoms with van der Waals surface area (Å²) in [7, 11) is 0. The molecule has 0 aromatic carbocycles. The molecule has 0 spiro atoms. The van der Waals surface area contributed by atoms with Crippen LogP contribution < -0.4 is 10.6 Å². The number of piperidine rings is 1. The van der Waals surface area contributed by atoms with Crippen LogP contribution in [0.15, 0.2) is 30.5 Å². The van der Waals surface area contributed by atoms with Gasteiger partial charge in [0, 0.05) is 60.5 Å². The SMILES string of the molecule is C#CCCN1[C@@H]2CC[C@H]1CC(Nc1nc(Nc3cc(C)n(CCC#N)n3)cc3ncccc13)C2. The van der Waals surface area contributed by atoms with E-state index in [-0.39, 0.29) is 0 Å². The maximum absolute atomic E-state index is 8.87. The molecule has 0 radical (unpaired) electrons. The zero-order valence-electron chi connectivity index (χ0n) is 19.5. The van der Waals surface area contributed by atoms with Gasteiger partial charge in [0.15, 0.2) is 5.82 Å². The fraction of sp³-hybridized carbons (Fsp3) is 0.462. The van der Waals surface area contributed by atoms with E-state index in [1.54, 1.807) is 6.20 Å². The van der Waals surface area contributed by atoms with E-state index in [1.807, 2.05) is 29.8 Å². The second-order valence-electron chi connectivity index (χ2n) is 9.24. The average Bonchev–Trinajstić information content (AvgIpc) is 3.30. The number of rotatable bonds is 8. The Kier molecular flexibility index (Phi) is 6.33. The Morgan fingerprint density at radius 2 is 1.97 bits per heavy atom. The molecule has 2 aliphatic rings. The van der Waals surface area contributed by atoms with Gasteiger partial charge in [-0.1, -0.05) is 0 Å².